The summed E-state index contributed by atoms with van der Waals surface area (Å²) >= 11 is 0. The molecule has 1 heterocycles. The molecule has 1 aromatic heterocycles. The Morgan fingerprint density at radius 3 is 2.29 bits per heavy atom. The summed E-state index contributed by atoms with van der Waals surface area (Å²) in [5.74, 6) is 4.88. The van der Waals surface area contributed by atoms with E-state index in [2.05, 4.69) is 32.9 Å². The fourth-order valence-corrected chi connectivity index (χ4v) is 6.05. The van der Waals surface area contributed by atoms with Crippen LogP contribution in [-0.4, -0.2) is 69.5 Å². The Morgan fingerprint density at radius 1 is 0.923 bits per heavy atom. The Morgan fingerprint density at radius 2 is 1.62 bits per heavy atom. The zero-order valence-corrected chi connectivity index (χ0v) is 29.8. The van der Waals surface area contributed by atoms with Gasteiger partial charge in [-0.2, -0.15) is 0 Å². The number of aliphatic hydroxyl groups is 2. The summed E-state index contributed by atoms with van der Waals surface area (Å²) in [5, 5.41) is 29.9. The normalized spacial score (nSPS) is 16.7. The number of alkyl carbamates (subject to hydrolysis) is 1. The van der Waals surface area contributed by atoms with Crippen molar-refractivity contribution in [2.75, 3.05) is 13.7 Å². The van der Waals surface area contributed by atoms with Crippen LogP contribution in [0.1, 0.15) is 60.3 Å². The molecule has 0 bridgehead atoms. The minimum atomic E-state index is -2.07. The molecule has 4 atom stereocenters. The molecule has 270 valence electrons. The van der Waals surface area contributed by atoms with Crippen LogP contribution in [-0.2, 0) is 33.7 Å². The van der Waals surface area contributed by atoms with Gasteiger partial charge >= 0.3 is 6.09 Å². The highest BCUT2D eigenvalue weighted by molar-refractivity contribution is 5.87. The second-order valence-corrected chi connectivity index (χ2v) is 14.0. The van der Waals surface area contributed by atoms with Crippen molar-refractivity contribution in [3.05, 3.63) is 137 Å². The molecule has 11 nitrogen and oxygen atoms in total. The summed E-state index contributed by atoms with van der Waals surface area (Å²) in [6, 6.07) is 27.6. The van der Waals surface area contributed by atoms with Crippen LogP contribution in [0.5, 0.6) is 0 Å². The summed E-state index contributed by atoms with van der Waals surface area (Å²) in [6.07, 6.45) is 0.300. The first-order valence-corrected chi connectivity index (χ1v) is 17.1. The fraction of sp³-hybridized carbons (Fsp3) is 0.317. The topological polar surface area (TPSA) is 153 Å². The van der Waals surface area contributed by atoms with E-state index in [0.717, 1.165) is 22.3 Å². The van der Waals surface area contributed by atoms with Crippen molar-refractivity contribution < 1.29 is 29.3 Å². The van der Waals surface area contributed by atoms with Crippen LogP contribution in [0.3, 0.4) is 0 Å². The molecular formula is C41H45N5O6. The highest BCUT2D eigenvalue weighted by Crippen LogP contribution is 2.32. The molecule has 52 heavy (non-hydrogen) atoms. The number of nitrogens with zero attached hydrogens (tertiary/aromatic N) is 2. The lowest BCUT2D eigenvalue weighted by molar-refractivity contribution is -0.147. The maximum Gasteiger partial charge on any atom is 0.407 e. The fourth-order valence-electron chi connectivity index (χ4n) is 6.05. The Hall–Kier alpha value is -5.54. The number of hydrogen-bond acceptors (Lipinski definition) is 8. The van der Waals surface area contributed by atoms with Crippen LogP contribution in [0.25, 0.3) is 0 Å². The van der Waals surface area contributed by atoms with Crippen molar-refractivity contribution in [1.29, 1.82) is 0 Å². The van der Waals surface area contributed by atoms with Gasteiger partial charge in [0.15, 0.2) is 5.60 Å². The number of ether oxygens (including phenoxy) is 1. The molecular weight excluding hydrogens is 658 g/mol. The molecule has 3 amide bonds. The van der Waals surface area contributed by atoms with Gasteiger partial charge in [-0.1, -0.05) is 99.5 Å². The van der Waals surface area contributed by atoms with Gasteiger partial charge in [-0.05, 0) is 57.9 Å². The van der Waals surface area contributed by atoms with E-state index in [-0.39, 0.29) is 19.5 Å². The first kappa shape index (κ1) is 37.7. The van der Waals surface area contributed by atoms with E-state index >= 15 is 0 Å². The van der Waals surface area contributed by atoms with Gasteiger partial charge in [-0.3, -0.25) is 14.6 Å². The highest BCUT2D eigenvalue weighted by Gasteiger charge is 2.42. The number of aliphatic hydroxyl groups excluding tert-OH is 1. The number of aromatic nitrogens is 1. The SMILES string of the molecule is COC(=O)N[C@H](C(=O)N(Cc1ccc(C#Cc2ccccn2)cc1)NC[C@](O)(Cc1ccccc1)C(=O)N[C@H]1c2ccccc2C[C@H]1O)C(C)(C)C. The number of carbonyl (C=O) groups is 3. The third-order valence-electron chi connectivity index (χ3n) is 8.94. The second kappa shape index (κ2) is 16.7. The van der Waals surface area contributed by atoms with Crippen molar-refractivity contribution in [2.45, 2.75) is 63.9 Å². The number of nitrogens with one attached hydrogen (secondary N) is 3. The predicted molar refractivity (Wildman–Crippen MR) is 196 cm³/mol. The van der Waals surface area contributed by atoms with E-state index in [1.165, 1.54) is 12.1 Å². The molecule has 1 aliphatic rings. The molecule has 0 radical (unpaired) electrons. The number of hydrogen-bond donors (Lipinski definition) is 5. The molecule has 3 aromatic carbocycles. The molecule has 0 aliphatic heterocycles. The Labute approximate surface area is 304 Å². The number of hydrazine groups is 1. The molecule has 4 aromatic rings. The van der Waals surface area contributed by atoms with Crippen LogP contribution >= 0.6 is 0 Å². The number of benzene rings is 3. The van der Waals surface area contributed by atoms with E-state index in [4.69, 9.17) is 4.74 Å². The molecule has 11 heteroatoms. The maximum atomic E-state index is 14.3. The lowest BCUT2D eigenvalue weighted by atomic mass is 9.86. The molecule has 0 saturated heterocycles. The van der Waals surface area contributed by atoms with E-state index in [1.807, 2.05) is 106 Å². The maximum absolute atomic E-state index is 14.3. The number of methoxy groups -OCH3 is 1. The number of carbonyl (C=O) groups excluding carboxylic acids is 3. The summed E-state index contributed by atoms with van der Waals surface area (Å²) < 4.78 is 4.83. The summed E-state index contributed by atoms with van der Waals surface area (Å²) in [7, 11) is 1.22. The molecule has 1 aliphatic carbocycles. The zero-order valence-electron chi connectivity index (χ0n) is 29.8. The minimum Gasteiger partial charge on any atom is -0.453 e. The predicted octanol–water partition coefficient (Wildman–Crippen LogP) is 3.83. The largest absolute Gasteiger partial charge is 0.453 e. The molecule has 5 N–H and O–H groups in total. The Kier molecular flexibility index (Phi) is 12.1. The van der Waals surface area contributed by atoms with Gasteiger partial charge in [-0.25, -0.2) is 15.2 Å². The third-order valence-corrected chi connectivity index (χ3v) is 8.94. The highest BCUT2D eigenvalue weighted by atomic mass is 16.5. The lowest BCUT2D eigenvalue weighted by Gasteiger charge is -2.37. The summed E-state index contributed by atoms with van der Waals surface area (Å²) in [4.78, 5) is 45.0. The first-order chi connectivity index (χ1) is 24.9. The van der Waals surface area contributed by atoms with Crippen LogP contribution < -0.4 is 16.1 Å². The quantitative estimate of drug-likeness (QED) is 0.117. The van der Waals surface area contributed by atoms with Crippen molar-refractivity contribution in [1.82, 2.24) is 26.1 Å². The summed E-state index contributed by atoms with van der Waals surface area (Å²) in [5.41, 5.74) is 4.71. The molecule has 0 fully saturated rings. The van der Waals surface area contributed by atoms with Crippen molar-refractivity contribution >= 4 is 17.9 Å². The molecule has 5 rings (SSSR count). The van der Waals surface area contributed by atoms with Crippen LogP contribution in [0.4, 0.5) is 4.79 Å². The minimum absolute atomic E-state index is 0.0139. The molecule has 0 unspecified atom stereocenters. The lowest BCUT2D eigenvalue weighted by Crippen LogP contribution is -2.62. The van der Waals surface area contributed by atoms with Crippen molar-refractivity contribution in [3.63, 3.8) is 0 Å². The van der Waals surface area contributed by atoms with Gasteiger partial charge in [0.25, 0.3) is 11.8 Å². The molecule has 0 spiro atoms. The van der Waals surface area contributed by atoms with E-state index in [0.29, 0.717) is 17.7 Å². The number of amides is 3. The van der Waals surface area contributed by atoms with Crippen LogP contribution in [0.15, 0.2) is 103 Å². The molecule has 0 saturated carbocycles. The Bertz CT molecular complexity index is 1900. The van der Waals surface area contributed by atoms with Crippen LogP contribution in [0, 0.1) is 17.3 Å². The van der Waals surface area contributed by atoms with E-state index < -0.39 is 47.1 Å². The van der Waals surface area contributed by atoms with Crippen molar-refractivity contribution in [3.8, 4) is 11.8 Å². The number of rotatable bonds is 11. The van der Waals surface area contributed by atoms with Gasteiger partial charge in [0.2, 0.25) is 0 Å². The van der Waals surface area contributed by atoms with Gasteiger partial charge < -0.3 is 25.6 Å². The van der Waals surface area contributed by atoms with E-state index in [1.54, 1.807) is 18.3 Å². The average Bonchev–Trinajstić information content (AvgIpc) is 3.46. The van der Waals surface area contributed by atoms with Gasteiger partial charge in [0, 0.05) is 24.6 Å². The average molecular weight is 704 g/mol. The third kappa shape index (κ3) is 9.61. The van der Waals surface area contributed by atoms with Gasteiger partial charge in [-0.15, -0.1) is 0 Å². The standard InChI is InChI=1S/C41H45N5O6/c1-40(2,3)36(45-39(50)52-4)37(48)46(26-30-19-17-28(18-20-30)21-22-32-15-10-11-23-42-32)43-27-41(51,25-29-12-6-5-7-13-29)38(49)44-35-33-16-9-8-14-31(33)24-34(35)47/h5-20,23,34-36,43,47,51H,24-27H2,1-4H3,(H,44,49)(H,45,50)/t34-,35+,36-,41-/m1/s1. The number of pyridine rings is 1. The van der Waals surface area contributed by atoms with E-state index in [9.17, 15) is 24.6 Å². The second-order valence-electron chi connectivity index (χ2n) is 14.0. The van der Waals surface area contributed by atoms with Crippen LogP contribution in [0.2, 0.25) is 0 Å². The smallest absolute Gasteiger partial charge is 0.407 e. The monoisotopic (exact) mass is 703 g/mol. The summed E-state index contributed by atoms with van der Waals surface area (Å²) in [6.45, 7) is 5.06. The first-order valence-electron chi connectivity index (χ1n) is 17.1. The zero-order chi connectivity index (χ0) is 37.3. The Balaban J connectivity index is 1.43. The van der Waals surface area contributed by atoms with Crippen molar-refractivity contribution in [2.24, 2.45) is 5.41 Å². The van der Waals surface area contributed by atoms with Gasteiger partial charge in [0.1, 0.15) is 11.7 Å². The van der Waals surface area contributed by atoms with Gasteiger partial charge in [0.05, 0.1) is 32.3 Å². The number of fused-ring (bicyclic) bond motifs is 1.